The molecule has 3 atom stereocenters. The van der Waals surface area contributed by atoms with E-state index in [0.29, 0.717) is 12.5 Å². The molecule has 0 amide bonds. The molecule has 3 rings (SSSR count). The molecule has 0 radical (unpaired) electrons. The van der Waals surface area contributed by atoms with Gasteiger partial charge in [-0.3, -0.25) is 4.79 Å². The minimum Gasteiger partial charge on any atom is -0.465 e. The van der Waals surface area contributed by atoms with E-state index in [4.69, 9.17) is 4.74 Å². The van der Waals surface area contributed by atoms with Gasteiger partial charge in [0.05, 0.1) is 12.5 Å². The van der Waals surface area contributed by atoms with Crippen LogP contribution in [0.1, 0.15) is 46.0 Å². The molecule has 2 nitrogen and oxygen atoms in total. The van der Waals surface area contributed by atoms with Gasteiger partial charge in [0.1, 0.15) is 0 Å². The van der Waals surface area contributed by atoms with Crippen LogP contribution in [0.15, 0.2) is 11.1 Å². The zero-order chi connectivity index (χ0) is 12.0. The van der Waals surface area contributed by atoms with Gasteiger partial charge in [0.25, 0.3) is 0 Å². The van der Waals surface area contributed by atoms with E-state index in [-0.39, 0.29) is 11.9 Å². The summed E-state index contributed by atoms with van der Waals surface area (Å²) in [6.45, 7) is 4.44. The smallest absolute Gasteiger partial charge is 0.308 e. The maximum absolute atomic E-state index is 11.5. The van der Waals surface area contributed by atoms with Gasteiger partial charge in [-0.25, -0.2) is 0 Å². The molecule has 1 saturated carbocycles. The van der Waals surface area contributed by atoms with Crippen molar-refractivity contribution in [3.8, 4) is 0 Å². The Balaban J connectivity index is 1.63. The predicted molar refractivity (Wildman–Crippen MR) is 66.4 cm³/mol. The first-order valence-electron chi connectivity index (χ1n) is 7.06. The van der Waals surface area contributed by atoms with Crippen LogP contribution in [0, 0.1) is 23.7 Å². The maximum atomic E-state index is 11.5. The summed E-state index contributed by atoms with van der Waals surface area (Å²) in [5.74, 6) is 2.27. The van der Waals surface area contributed by atoms with E-state index in [1.807, 2.05) is 13.8 Å². The van der Waals surface area contributed by atoms with Crippen LogP contribution in [0.5, 0.6) is 0 Å². The third-order valence-electron chi connectivity index (χ3n) is 4.84. The number of hydrogen-bond acceptors (Lipinski definition) is 2. The van der Waals surface area contributed by atoms with Gasteiger partial charge in [-0.2, -0.15) is 0 Å². The Labute approximate surface area is 103 Å². The van der Waals surface area contributed by atoms with E-state index >= 15 is 0 Å². The number of fused-ring (bicyclic) bond motifs is 4. The fourth-order valence-electron chi connectivity index (χ4n) is 4.03. The monoisotopic (exact) mass is 234 g/mol. The summed E-state index contributed by atoms with van der Waals surface area (Å²) in [5, 5.41) is 0. The third-order valence-corrected chi connectivity index (χ3v) is 4.84. The van der Waals surface area contributed by atoms with Crippen LogP contribution in [-0.4, -0.2) is 12.6 Å². The Morgan fingerprint density at radius 2 is 2.06 bits per heavy atom. The lowest BCUT2D eigenvalue weighted by molar-refractivity contribution is -0.148. The van der Waals surface area contributed by atoms with E-state index < -0.39 is 0 Å². The van der Waals surface area contributed by atoms with E-state index in [9.17, 15) is 4.79 Å². The zero-order valence-electron chi connectivity index (χ0n) is 10.9. The van der Waals surface area contributed by atoms with Crippen LogP contribution in [0.3, 0.4) is 0 Å². The predicted octanol–water partition coefficient (Wildman–Crippen LogP) is 3.32. The second-order valence-electron chi connectivity index (χ2n) is 6.21. The van der Waals surface area contributed by atoms with Crippen LogP contribution in [0.25, 0.3) is 0 Å². The second kappa shape index (κ2) is 4.15. The van der Waals surface area contributed by atoms with Gasteiger partial charge in [0, 0.05) is 5.92 Å². The van der Waals surface area contributed by atoms with Crippen molar-refractivity contribution in [2.24, 2.45) is 23.7 Å². The summed E-state index contributed by atoms with van der Waals surface area (Å²) in [6, 6.07) is 0. The molecule has 3 aliphatic carbocycles. The summed E-state index contributed by atoms with van der Waals surface area (Å²) in [6.07, 6.45) is 6.71. The van der Waals surface area contributed by atoms with Gasteiger partial charge in [0.2, 0.25) is 0 Å². The Morgan fingerprint density at radius 3 is 2.82 bits per heavy atom. The molecule has 0 N–H and O–H groups in total. The molecular weight excluding hydrogens is 212 g/mol. The summed E-state index contributed by atoms with van der Waals surface area (Å²) >= 11 is 0. The molecule has 1 fully saturated rings. The molecule has 17 heavy (non-hydrogen) atoms. The van der Waals surface area contributed by atoms with Crippen molar-refractivity contribution < 1.29 is 9.53 Å². The van der Waals surface area contributed by atoms with Crippen molar-refractivity contribution in [3.05, 3.63) is 11.1 Å². The molecule has 0 aromatic heterocycles. The van der Waals surface area contributed by atoms with Crippen LogP contribution >= 0.6 is 0 Å². The Hall–Kier alpha value is -0.790. The molecule has 0 aromatic rings. The molecule has 3 unspecified atom stereocenters. The molecule has 0 heterocycles. The first-order chi connectivity index (χ1) is 8.16. The minimum absolute atomic E-state index is 0.00452. The molecule has 0 saturated heterocycles. The van der Waals surface area contributed by atoms with Crippen molar-refractivity contribution in [2.75, 3.05) is 6.61 Å². The average Bonchev–Trinajstić information content (AvgIpc) is 2.98. The largest absolute Gasteiger partial charge is 0.465 e. The van der Waals surface area contributed by atoms with Crippen LogP contribution in [-0.2, 0) is 9.53 Å². The topological polar surface area (TPSA) is 26.3 Å². The highest BCUT2D eigenvalue weighted by atomic mass is 16.5. The normalized spacial score (nSPS) is 34.6. The lowest BCUT2D eigenvalue weighted by Gasteiger charge is -2.20. The van der Waals surface area contributed by atoms with Gasteiger partial charge in [-0.05, 0) is 43.9 Å². The molecule has 0 aliphatic heterocycles. The van der Waals surface area contributed by atoms with E-state index in [0.717, 1.165) is 11.8 Å². The van der Waals surface area contributed by atoms with E-state index in [2.05, 4.69) is 0 Å². The molecule has 0 aromatic carbocycles. The lowest BCUT2D eigenvalue weighted by atomic mass is 9.89. The summed E-state index contributed by atoms with van der Waals surface area (Å²) in [7, 11) is 0. The maximum Gasteiger partial charge on any atom is 0.308 e. The first kappa shape index (κ1) is 11.3. The van der Waals surface area contributed by atoms with Crippen molar-refractivity contribution in [1.29, 1.82) is 0 Å². The van der Waals surface area contributed by atoms with Gasteiger partial charge >= 0.3 is 5.97 Å². The van der Waals surface area contributed by atoms with Crippen molar-refractivity contribution in [2.45, 2.75) is 46.0 Å². The van der Waals surface area contributed by atoms with Gasteiger partial charge in [0.15, 0.2) is 0 Å². The van der Waals surface area contributed by atoms with Crippen molar-refractivity contribution in [3.63, 3.8) is 0 Å². The Morgan fingerprint density at radius 1 is 1.29 bits per heavy atom. The Bertz CT molecular complexity index is 367. The number of ether oxygens (including phenoxy) is 1. The summed E-state index contributed by atoms with van der Waals surface area (Å²) < 4.78 is 5.43. The third kappa shape index (κ3) is 1.82. The number of allylic oxidation sites excluding steroid dienone is 1. The quantitative estimate of drug-likeness (QED) is 0.553. The Kier molecular flexibility index (Phi) is 2.76. The standard InChI is InChI=1S/C15H22O2/c1-9(2)15(16)17-8-12-5-6-13-10-3-4-11(7-10)14(12)13/h9-12H,3-8H2,1-2H3. The number of hydrogen-bond donors (Lipinski definition) is 0. The number of esters is 1. The molecule has 2 heteroatoms. The van der Waals surface area contributed by atoms with Crippen LogP contribution in [0.4, 0.5) is 0 Å². The highest BCUT2D eigenvalue weighted by Crippen LogP contribution is 2.56. The SMILES string of the molecule is CC(C)C(=O)OCC1CCC2=C1C1CCC2C1. The zero-order valence-corrected chi connectivity index (χ0v) is 10.9. The molecular formula is C15H22O2. The first-order valence-corrected chi connectivity index (χ1v) is 7.06. The van der Waals surface area contributed by atoms with Crippen LogP contribution < -0.4 is 0 Å². The van der Waals surface area contributed by atoms with E-state index in [1.54, 1.807) is 11.1 Å². The van der Waals surface area contributed by atoms with E-state index in [1.165, 1.54) is 32.1 Å². The summed E-state index contributed by atoms with van der Waals surface area (Å²) in [5.41, 5.74) is 3.46. The molecule has 3 aliphatic rings. The average molecular weight is 234 g/mol. The number of carbonyl (C=O) groups is 1. The highest BCUT2D eigenvalue weighted by molar-refractivity contribution is 5.71. The highest BCUT2D eigenvalue weighted by Gasteiger charge is 2.44. The lowest BCUT2D eigenvalue weighted by Crippen LogP contribution is -2.19. The van der Waals surface area contributed by atoms with Crippen LogP contribution in [0.2, 0.25) is 0 Å². The minimum atomic E-state index is -0.0396. The molecule has 0 spiro atoms. The number of carbonyl (C=O) groups excluding carboxylic acids is 1. The van der Waals surface area contributed by atoms with Gasteiger partial charge in [-0.15, -0.1) is 0 Å². The summed E-state index contributed by atoms with van der Waals surface area (Å²) in [4.78, 5) is 11.5. The van der Waals surface area contributed by atoms with Crippen molar-refractivity contribution >= 4 is 5.97 Å². The second-order valence-corrected chi connectivity index (χ2v) is 6.21. The van der Waals surface area contributed by atoms with Gasteiger partial charge < -0.3 is 4.74 Å². The molecule has 94 valence electrons. The van der Waals surface area contributed by atoms with Crippen molar-refractivity contribution in [1.82, 2.24) is 0 Å². The molecule has 2 bridgehead atoms. The van der Waals surface area contributed by atoms with Gasteiger partial charge in [-0.1, -0.05) is 25.0 Å². The fourth-order valence-corrected chi connectivity index (χ4v) is 4.03. The fraction of sp³-hybridized carbons (Fsp3) is 0.800. The number of rotatable bonds is 3.